The number of hydrogen-bond acceptors (Lipinski definition) is 2. The van der Waals surface area contributed by atoms with E-state index in [-0.39, 0.29) is 11.9 Å². The van der Waals surface area contributed by atoms with Gasteiger partial charge < -0.3 is 5.32 Å². The van der Waals surface area contributed by atoms with E-state index in [0.29, 0.717) is 5.69 Å². The maximum absolute atomic E-state index is 13.7. The number of aromatic nitrogens is 1. The molecule has 3 heteroatoms. The number of rotatable bonds is 3. The highest BCUT2D eigenvalue weighted by atomic mass is 19.1. The monoisotopic (exact) mass is 218 g/mol. The van der Waals surface area contributed by atoms with Crippen LogP contribution in [0.4, 0.5) is 10.1 Å². The van der Waals surface area contributed by atoms with Crippen LogP contribution in [0.2, 0.25) is 0 Å². The van der Waals surface area contributed by atoms with Crippen molar-refractivity contribution in [3.63, 3.8) is 0 Å². The average Bonchev–Trinajstić information content (AvgIpc) is 2.32. The van der Waals surface area contributed by atoms with E-state index in [9.17, 15) is 4.39 Å². The normalized spacial score (nSPS) is 12.7. The summed E-state index contributed by atoms with van der Waals surface area (Å²) in [6.45, 7) is 4.10. The minimum Gasteiger partial charge on any atom is -0.380 e. The molecule has 1 aromatic carbocycles. The third-order valence-corrected chi connectivity index (χ3v) is 2.73. The lowest BCUT2D eigenvalue weighted by Crippen LogP contribution is -2.15. The Labute approximate surface area is 94.5 Å². The Bertz CT molecular complexity index is 496. The topological polar surface area (TPSA) is 24.9 Å². The van der Waals surface area contributed by atoms with Crippen LogP contribution in [0.3, 0.4) is 0 Å². The fourth-order valence-corrected chi connectivity index (χ4v) is 1.61. The highest BCUT2D eigenvalue weighted by molar-refractivity contribution is 5.91. The van der Waals surface area contributed by atoms with Crippen LogP contribution in [-0.4, -0.2) is 11.0 Å². The zero-order valence-electron chi connectivity index (χ0n) is 9.50. The second-order valence-electron chi connectivity index (χ2n) is 3.95. The summed E-state index contributed by atoms with van der Waals surface area (Å²) in [4.78, 5) is 4.06. The molecule has 2 rings (SSSR count). The van der Waals surface area contributed by atoms with E-state index in [1.165, 1.54) is 6.20 Å². The zero-order valence-corrected chi connectivity index (χ0v) is 9.50. The summed E-state index contributed by atoms with van der Waals surface area (Å²) in [5.74, 6) is -0.293. The van der Waals surface area contributed by atoms with Crippen molar-refractivity contribution in [3.8, 4) is 0 Å². The Kier molecular flexibility index (Phi) is 3.04. The average molecular weight is 218 g/mol. The molecular weight excluding hydrogens is 203 g/mol. The van der Waals surface area contributed by atoms with E-state index in [4.69, 9.17) is 0 Å². The molecule has 0 aliphatic carbocycles. The SMILES string of the molecule is CC[C@H](C)Nc1c(F)cnc2ccccc12. The van der Waals surface area contributed by atoms with Crippen LogP contribution in [0.1, 0.15) is 20.3 Å². The van der Waals surface area contributed by atoms with Crippen molar-refractivity contribution < 1.29 is 4.39 Å². The molecule has 0 saturated carbocycles. The molecule has 0 bridgehead atoms. The Balaban J connectivity index is 2.52. The van der Waals surface area contributed by atoms with Gasteiger partial charge in [-0.1, -0.05) is 25.1 Å². The maximum atomic E-state index is 13.7. The van der Waals surface area contributed by atoms with E-state index in [1.807, 2.05) is 31.2 Å². The number of nitrogens with one attached hydrogen (secondary N) is 1. The van der Waals surface area contributed by atoms with Gasteiger partial charge in [0.2, 0.25) is 0 Å². The first-order chi connectivity index (χ1) is 7.72. The first-order valence-corrected chi connectivity index (χ1v) is 5.52. The van der Waals surface area contributed by atoms with Gasteiger partial charge in [-0.25, -0.2) is 4.39 Å². The van der Waals surface area contributed by atoms with E-state index in [1.54, 1.807) is 0 Å². The van der Waals surface area contributed by atoms with Gasteiger partial charge in [-0.2, -0.15) is 0 Å². The van der Waals surface area contributed by atoms with E-state index in [2.05, 4.69) is 17.2 Å². The molecule has 0 radical (unpaired) electrons. The molecule has 1 N–H and O–H groups in total. The molecule has 1 aromatic heterocycles. The van der Waals surface area contributed by atoms with Gasteiger partial charge in [-0.15, -0.1) is 0 Å². The summed E-state index contributed by atoms with van der Waals surface area (Å²) in [6, 6.07) is 7.82. The van der Waals surface area contributed by atoms with Gasteiger partial charge in [0.15, 0.2) is 5.82 Å². The van der Waals surface area contributed by atoms with Crippen LogP contribution in [0, 0.1) is 5.82 Å². The summed E-state index contributed by atoms with van der Waals surface area (Å²) < 4.78 is 13.7. The number of anilines is 1. The van der Waals surface area contributed by atoms with Gasteiger partial charge in [0.05, 0.1) is 17.4 Å². The molecule has 0 aliphatic heterocycles. The maximum Gasteiger partial charge on any atom is 0.165 e. The molecule has 0 fully saturated rings. The third-order valence-electron chi connectivity index (χ3n) is 2.73. The molecule has 0 unspecified atom stereocenters. The van der Waals surface area contributed by atoms with Crippen LogP contribution in [0.5, 0.6) is 0 Å². The summed E-state index contributed by atoms with van der Waals surface area (Å²) in [5, 5.41) is 4.02. The molecule has 84 valence electrons. The van der Waals surface area contributed by atoms with Crippen LogP contribution in [-0.2, 0) is 0 Å². The van der Waals surface area contributed by atoms with Crippen molar-refractivity contribution in [2.75, 3.05) is 5.32 Å². The van der Waals surface area contributed by atoms with Gasteiger partial charge >= 0.3 is 0 Å². The van der Waals surface area contributed by atoms with Gasteiger partial charge in [-0.3, -0.25) is 4.98 Å². The van der Waals surface area contributed by atoms with E-state index in [0.717, 1.165) is 17.3 Å². The van der Waals surface area contributed by atoms with Crippen molar-refractivity contribution in [1.29, 1.82) is 0 Å². The second-order valence-corrected chi connectivity index (χ2v) is 3.95. The molecule has 1 atom stereocenters. The highest BCUT2D eigenvalue weighted by Crippen LogP contribution is 2.25. The summed E-state index contributed by atoms with van der Waals surface area (Å²) in [5.41, 5.74) is 1.37. The number of hydrogen-bond donors (Lipinski definition) is 1. The smallest absolute Gasteiger partial charge is 0.165 e. The van der Waals surface area contributed by atoms with Crippen molar-refractivity contribution in [1.82, 2.24) is 4.98 Å². The largest absolute Gasteiger partial charge is 0.380 e. The lowest BCUT2D eigenvalue weighted by Gasteiger charge is -2.15. The molecule has 2 nitrogen and oxygen atoms in total. The van der Waals surface area contributed by atoms with Crippen molar-refractivity contribution in [2.24, 2.45) is 0 Å². The minimum atomic E-state index is -0.293. The molecule has 16 heavy (non-hydrogen) atoms. The zero-order chi connectivity index (χ0) is 11.5. The van der Waals surface area contributed by atoms with E-state index >= 15 is 0 Å². The number of pyridine rings is 1. The predicted octanol–water partition coefficient (Wildman–Crippen LogP) is 3.58. The van der Waals surface area contributed by atoms with Crippen LogP contribution in [0.25, 0.3) is 10.9 Å². The van der Waals surface area contributed by atoms with Crippen molar-refractivity contribution >= 4 is 16.6 Å². The predicted molar refractivity (Wildman–Crippen MR) is 65.1 cm³/mol. The number of nitrogens with zero attached hydrogens (tertiary/aromatic N) is 1. The van der Waals surface area contributed by atoms with Gasteiger partial charge in [0.25, 0.3) is 0 Å². The van der Waals surface area contributed by atoms with Gasteiger partial charge in [0.1, 0.15) is 0 Å². The van der Waals surface area contributed by atoms with Crippen LogP contribution in [0.15, 0.2) is 30.5 Å². The molecule has 0 saturated heterocycles. The minimum absolute atomic E-state index is 0.250. The molecular formula is C13H15FN2. The third kappa shape index (κ3) is 1.98. The lowest BCUT2D eigenvalue weighted by atomic mass is 10.1. The lowest BCUT2D eigenvalue weighted by molar-refractivity contribution is 0.621. The molecule has 0 aliphatic rings. The quantitative estimate of drug-likeness (QED) is 0.851. The fourth-order valence-electron chi connectivity index (χ4n) is 1.61. The fraction of sp³-hybridized carbons (Fsp3) is 0.308. The summed E-state index contributed by atoms with van der Waals surface area (Å²) in [6.07, 6.45) is 2.23. The Hall–Kier alpha value is -1.64. The highest BCUT2D eigenvalue weighted by Gasteiger charge is 2.09. The standard InChI is InChI=1S/C13H15FN2/c1-3-9(2)16-13-10-6-4-5-7-12(10)15-8-11(13)14/h4-9H,3H2,1-2H3,(H,15,16)/t9-/m0/s1. The Morgan fingerprint density at radius 2 is 2.12 bits per heavy atom. The van der Waals surface area contributed by atoms with Crippen molar-refractivity contribution in [3.05, 3.63) is 36.3 Å². The van der Waals surface area contributed by atoms with E-state index < -0.39 is 0 Å². The number of halogens is 1. The number of benzene rings is 1. The first-order valence-electron chi connectivity index (χ1n) is 5.52. The van der Waals surface area contributed by atoms with Crippen LogP contribution < -0.4 is 5.32 Å². The summed E-state index contributed by atoms with van der Waals surface area (Å²) in [7, 11) is 0. The van der Waals surface area contributed by atoms with Gasteiger partial charge in [0, 0.05) is 11.4 Å². The molecule has 0 spiro atoms. The molecule has 0 amide bonds. The Morgan fingerprint density at radius 1 is 1.38 bits per heavy atom. The number of fused-ring (bicyclic) bond motifs is 1. The Morgan fingerprint density at radius 3 is 2.88 bits per heavy atom. The number of para-hydroxylation sites is 1. The van der Waals surface area contributed by atoms with Crippen molar-refractivity contribution in [2.45, 2.75) is 26.3 Å². The van der Waals surface area contributed by atoms with Gasteiger partial charge in [-0.05, 0) is 19.4 Å². The molecule has 2 aromatic rings. The van der Waals surface area contributed by atoms with Crippen LogP contribution >= 0.6 is 0 Å². The summed E-state index contributed by atoms with van der Waals surface area (Å²) >= 11 is 0. The first kappa shape index (κ1) is 10.9. The second kappa shape index (κ2) is 4.47. The molecule has 1 heterocycles.